The lowest BCUT2D eigenvalue weighted by molar-refractivity contribution is -0.136. The fourth-order valence-electron chi connectivity index (χ4n) is 1.73. The van der Waals surface area contributed by atoms with Crippen molar-refractivity contribution >= 4 is 17.3 Å². The molecule has 0 aliphatic carbocycles. The number of thiazole rings is 1. The maximum absolute atomic E-state index is 12.1. The Hall–Kier alpha value is -2.17. The number of hydrogen-bond acceptors (Lipinski definition) is 5. The molecule has 0 bridgehead atoms. The average Bonchev–Trinajstić information content (AvgIpc) is 2.92. The van der Waals surface area contributed by atoms with Gasteiger partial charge >= 0.3 is 17.8 Å². The molecule has 0 aliphatic heterocycles. The summed E-state index contributed by atoms with van der Waals surface area (Å²) in [6.07, 6.45) is -4.45. The largest absolute Gasteiger partial charge is 0.477 e. The highest BCUT2D eigenvalue weighted by Crippen LogP contribution is 2.22. The Labute approximate surface area is 125 Å². The van der Waals surface area contributed by atoms with Crippen LogP contribution in [0.25, 0.3) is 5.13 Å². The maximum Gasteiger partial charge on any atom is 0.389 e. The molecule has 2 aromatic heterocycles. The molecule has 0 aliphatic rings. The van der Waals surface area contributed by atoms with E-state index in [0.717, 1.165) is 26.9 Å². The zero-order valence-corrected chi connectivity index (χ0v) is 12.1. The summed E-state index contributed by atoms with van der Waals surface area (Å²) in [4.78, 5) is 26.9. The molecule has 7 nitrogen and oxygen atoms in total. The molecule has 0 atom stereocenters. The molecule has 22 heavy (non-hydrogen) atoms. The van der Waals surface area contributed by atoms with E-state index in [9.17, 15) is 22.8 Å². The molecule has 1 N–H and O–H groups in total. The lowest BCUT2D eigenvalue weighted by atomic mass is 10.3. The van der Waals surface area contributed by atoms with Gasteiger partial charge in [-0.1, -0.05) is 11.3 Å². The highest BCUT2D eigenvalue weighted by Gasteiger charge is 2.26. The number of hydrogen-bond donors (Lipinski definition) is 1. The second-order valence-electron chi connectivity index (χ2n) is 4.44. The van der Waals surface area contributed by atoms with E-state index in [0.29, 0.717) is 0 Å². The van der Waals surface area contributed by atoms with Crippen LogP contribution in [0.2, 0.25) is 0 Å². The van der Waals surface area contributed by atoms with Gasteiger partial charge in [-0.15, -0.1) is 0 Å². The van der Waals surface area contributed by atoms with Crippen molar-refractivity contribution in [3.05, 3.63) is 27.4 Å². The summed E-state index contributed by atoms with van der Waals surface area (Å²) in [6.45, 7) is 1.31. The Balaban J connectivity index is 2.19. The normalized spacial score (nSPS) is 11.8. The summed E-state index contributed by atoms with van der Waals surface area (Å²) in [5.74, 6) is -1.16. The third kappa shape index (κ3) is 3.53. The van der Waals surface area contributed by atoms with Gasteiger partial charge in [-0.05, 0) is 13.3 Å². The predicted molar refractivity (Wildman–Crippen MR) is 70.5 cm³/mol. The Morgan fingerprint density at radius 2 is 2.14 bits per heavy atom. The van der Waals surface area contributed by atoms with Crippen molar-refractivity contribution in [1.29, 1.82) is 0 Å². The van der Waals surface area contributed by atoms with Gasteiger partial charge in [0, 0.05) is 13.0 Å². The standard InChI is InChI=1S/C11H11F3N4O3S/c1-6-7(8(19)20)22-9(16-6)17-5-15-18(10(17)21)4-2-3-11(12,13)14/h5H,2-4H2,1H3,(H,19,20). The van der Waals surface area contributed by atoms with Crippen LogP contribution in [0.15, 0.2) is 11.1 Å². The Morgan fingerprint density at radius 1 is 1.45 bits per heavy atom. The molecule has 0 aromatic carbocycles. The third-order valence-electron chi connectivity index (χ3n) is 2.75. The molecule has 2 rings (SSSR count). The fraction of sp³-hybridized carbons (Fsp3) is 0.455. The lowest BCUT2D eigenvalue weighted by Crippen LogP contribution is -2.24. The van der Waals surface area contributed by atoms with Crippen LogP contribution in [-0.4, -0.2) is 36.6 Å². The SMILES string of the molecule is Cc1nc(-n2cnn(CCCC(F)(F)F)c2=O)sc1C(=O)O. The number of carboxylic acids is 1. The Kier molecular flexibility index (Phi) is 4.35. The molecule has 0 radical (unpaired) electrons. The van der Waals surface area contributed by atoms with Crippen molar-refractivity contribution in [2.24, 2.45) is 0 Å². The van der Waals surface area contributed by atoms with Crippen LogP contribution in [0.5, 0.6) is 0 Å². The van der Waals surface area contributed by atoms with Gasteiger partial charge in [0.1, 0.15) is 11.2 Å². The predicted octanol–water partition coefficient (Wildman–Crippen LogP) is 1.84. The number of rotatable bonds is 5. The number of halogens is 3. The lowest BCUT2D eigenvalue weighted by Gasteiger charge is -2.04. The van der Waals surface area contributed by atoms with Crippen molar-refractivity contribution in [2.45, 2.75) is 32.5 Å². The summed E-state index contributed by atoms with van der Waals surface area (Å²) >= 11 is 0.795. The van der Waals surface area contributed by atoms with Crippen LogP contribution >= 0.6 is 11.3 Å². The zero-order valence-electron chi connectivity index (χ0n) is 11.3. The van der Waals surface area contributed by atoms with Gasteiger partial charge in [-0.2, -0.15) is 18.3 Å². The van der Waals surface area contributed by atoms with Crippen LogP contribution in [0.3, 0.4) is 0 Å². The smallest absolute Gasteiger partial charge is 0.389 e. The van der Waals surface area contributed by atoms with E-state index in [1.165, 1.54) is 6.92 Å². The second kappa shape index (κ2) is 5.91. The molecule has 0 unspecified atom stereocenters. The molecule has 0 saturated carbocycles. The molecule has 0 fully saturated rings. The first kappa shape index (κ1) is 16.2. The minimum atomic E-state index is -4.28. The van der Waals surface area contributed by atoms with Crippen LogP contribution in [-0.2, 0) is 6.54 Å². The van der Waals surface area contributed by atoms with Gasteiger partial charge in [-0.25, -0.2) is 23.8 Å². The van der Waals surface area contributed by atoms with Crippen molar-refractivity contribution in [1.82, 2.24) is 19.3 Å². The zero-order chi connectivity index (χ0) is 16.5. The van der Waals surface area contributed by atoms with Gasteiger partial charge in [0.2, 0.25) is 0 Å². The maximum atomic E-state index is 12.1. The minimum Gasteiger partial charge on any atom is -0.477 e. The quantitative estimate of drug-likeness (QED) is 0.900. The highest BCUT2D eigenvalue weighted by atomic mass is 32.1. The summed E-state index contributed by atoms with van der Waals surface area (Å²) in [6, 6.07) is 0. The van der Waals surface area contributed by atoms with Gasteiger partial charge in [0.15, 0.2) is 5.13 Å². The molecule has 11 heteroatoms. The molecule has 0 amide bonds. The van der Waals surface area contributed by atoms with Gasteiger partial charge in [0.25, 0.3) is 0 Å². The Bertz CT molecular complexity index is 747. The molecular formula is C11H11F3N4O3S. The molecule has 120 valence electrons. The van der Waals surface area contributed by atoms with E-state index in [1.807, 2.05) is 0 Å². The summed E-state index contributed by atoms with van der Waals surface area (Å²) < 4.78 is 38.1. The monoisotopic (exact) mass is 336 g/mol. The third-order valence-corrected chi connectivity index (χ3v) is 3.89. The topological polar surface area (TPSA) is 90.0 Å². The molecule has 0 spiro atoms. The number of carboxylic acid groups (broad SMARTS) is 1. The summed E-state index contributed by atoms with van der Waals surface area (Å²) in [7, 11) is 0. The number of aromatic carboxylic acids is 1. The summed E-state index contributed by atoms with van der Waals surface area (Å²) in [5.41, 5.74) is -0.405. The molecular weight excluding hydrogens is 325 g/mol. The molecule has 2 heterocycles. The summed E-state index contributed by atoms with van der Waals surface area (Å²) in [5, 5.41) is 12.8. The first-order valence-electron chi connectivity index (χ1n) is 6.11. The average molecular weight is 336 g/mol. The van der Waals surface area contributed by atoms with Crippen LogP contribution < -0.4 is 5.69 Å². The molecule has 0 saturated heterocycles. The second-order valence-corrected chi connectivity index (χ2v) is 5.42. The van der Waals surface area contributed by atoms with E-state index >= 15 is 0 Å². The van der Waals surface area contributed by atoms with Crippen LogP contribution in [0, 0.1) is 6.92 Å². The van der Waals surface area contributed by atoms with E-state index in [1.54, 1.807) is 0 Å². The Morgan fingerprint density at radius 3 is 2.68 bits per heavy atom. The highest BCUT2D eigenvalue weighted by molar-refractivity contribution is 7.16. The van der Waals surface area contributed by atoms with Crippen molar-refractivity contribution in [2.75, 3.05) is 0 Å². The van der Waals surface area contributed by atoms with Crippen molar-refractivity contribution < 1.29 is 23.1 Å². The number of aryl methyl sites for hydroxylation is 2. The van der Waals surface area contributed by atoms with Crippen LogP contribution in [0.4, 0.5) is 13.2 Å². The minimum absolute atomic E-state index is 0.00767. The first-order chi connectivity index (χ1) is 10.2. The van der Waals surface area contributed by atoms with Gasteiger partial charge in [0.05, 0.1) is 5.69 Å². The molecule has 2 aromatic rings. The fourth-order valence-corrected chi connectivity index (χ4v) is 2.60. The first-order valence-corrected chi connectivity index (χ1v) is 6.93. The van der Waals surface area contributed by atoms with Crippen molar-refractivity contribution in [3.63, 3.8) is 0 Å². The van der Waals surface area contributed by atoms with Gasteiger partial charge < -0.3 is 5.11 Å². The number of carbonyl (C=O) groups is 1. The van der Waals surface area contributed by atoms with E-state index in [2.05, 4.69) is 10.1 Å². The number of aromatic nitrogens is 4. The van der Waals surface area contributed by atoms with Crippen LogP contribution in [0.1, 0.15) is 28.2 Å². The number of nitrogens with zero attached hydrogens (tertiary/aromatic N) is 4. The van der Waals surface area contributed by atoms with Crippen molar-refractivity contribution in [3.8, 4) is 5.13 Å². The van der Waals surface area contributed by atoms with E-state index < -0.39 is 24.3 Å². The number of alkyl halides is 3. The van der Waals surface area contributed by atoms with E-state index in [-0.39, 0.29) is 28.7 Å². The van der Waals surface area contributed by atoms with E-state index in [4.69, 9.17) is 5.11 Å². The van der Waals surface area contributed by atoms with Gasteiger partial charge in [-0.3, -0.25) is 0 Å².